The quantitative estimate of drug-likeness (QED) is 0.839. The molecule has 6 heteroatoms. The first-order valence-electron chi connectivity index (χ1n) is 4.12. The second-order valence-corrected chi connectivity index (χ2v) is 4.55. The van der Waals surface area contributed by atoms with Crippen LogP contribution in [0, 0.1) is 0 Å². The van der Waals surface area contributed by atoms with E-state index in [-0.39, 0.29) is 0 Å². The summed E-state index contributed by atoms with van der Waals surface area (Å²) in [5, 5.41) is -1.07. The van der Waals surface area contributed by atoms with Gasteiger partial charge in [0.1, 0.15) is 5.25 Å². The third-order valence-electron chi connectivity index (χ3n) is 1.67. The van der Waals surface area contributed by atoms with E-state index in [9.17, 15) is 13.2 Å². The number of hydrogen-bond donors (Lipinski definition) is 1. The first-order valence-corrected chi connectivity index (χ1v) is 5.38. The minimum atomic E-state index is -4.28. The zero-order chi connectivity index (χ0) is 11.5. The van der Waals surface area contributed by atoms with E-state index in [4.69, 9.17) is 17.3 Å². The standard InChI is InChI=1S/C9H9ClF3NS/c10-6-1-3-7(4-2-6)15-8(5-14)9(11,12)13/h1-4,8H,5,14H2. The summed E-state index contributed by atoms with van der Waals surface area (Å²) in [5.41, 5.74) is 5.07. The van der Waals surface area contributed by atoms with E-state index in [1.165, 1.54) is 0 Å². The maximum Gasteiger partial charge on any atom is 0.402 e. The lowest BCUT2D eigenvalue weighted by Crippen LogP contribution is -2.32. The first-order chi connectivity index (χ1) is 6.93. The van der Waals surface area contributed by atoms with Gasteiger partial charge in [-0.2, -0.15) is 13.2 Å². The van der Waals surface area contributed by atoms with Gasteiger partial charge in [-0.3, -0.25) is 0 Å². The molecule has 0 aromatic heterocycles. The lowest BCUT2D eigenvalue weighted by Gasteiger charge is -2.17. The molecule has 1 unspecified atom stereocenters. The Bertz CT molecular complexity index is 312. The molecule has 0 amide bonds. The molecule has 0 heterocycles. The fraction of sp³-hybridized carbons (Fsp3) is 0.333. The minimum absolute atomic E-state index is 0.434. The molecule has 1 aromatic rings. The van der Waals surface area contributed by atoms with Gasteiger partial charge in [0.05, 0.1) is 0 Å². The predicted octanol–water partition coefficient (Wildman–Crippen LogP) is 3.32. The molecule has 0 saturated carbocycles. The Morgan fingerprint density at radius 3 is 2.20 bits per heavy atom. The van der Waals surface area contributed by atoms with Crippen LogP contribution in [0.4, 0.5) is 13.2 Å². The van der Waals surface area contributed by atoms with Crippen molar-refractivity contribution in [2.24, 2.45) is 5.73 Å². The van der Waals surface area contributed by atoms with E-state index in [1.807, 2.05) is 0 Å². The van der Waals surface area contributed by atoms with E-state index in [0.29, 0.717) is 21.7 Å². The van der Waals surface area contributed by atoms with E-state index < -0.39 is 18.0 Å². The van der Waals surface area contributed by atoms with Crippen molar-refractivity contribution in [2.45, 2.75) is 16.3 Å². The van der Waals surface area contributed by atoms with Crippen molar-refractivity contribution in [3.8, 4) is 0 Å². The summed E-state index contributed by atoms with van der Waals surface area (Å²) in [6.07, 6.45) is -4.28. The van der Waals surface area contributed by atoms with E-state index in [2.05, 4.69) is 0 Å². The van der Waals surface area contributed by atoms with Gasteiger partial charge in [0.25, 0.3) is 0 Å². The molecule has 2 N–H and O–H groups in total. The molecule has 0 aliphatic rings. The maximum atomic E-state index is 12.4. The zero-order valence-corrected chi connectivity index (χ0v) is 9.16. The van der Waals surface area contributed by atoms with Crippen LogP contribution in [0.25, 0.3) is 0 Å². The van der Waals surface area contributed by atoms with Gasteiger partial charge in [-0.15, -0.1) is 11.8 Å². The molecule has 0 bridgehead atoms. The van der Waals surface area contributed by atoms with Gasteiger partial charge in [-0.25, -0.2) is 0 Å². The second kappa shape index (κ2) is 5.09. The fourth-order valence-electron chi connectivity index (χ4n) is 0.926. The van der Waals surface area contributed by atoms with Crippen molar-refractivity contribution in [2.75, 3.05) is 6.54 Å². The smallest absolute Gasteiger partial charge is 0.329 e. The van der Waals surface area contributed by atoms with Crippen LogP contribution in [0.1, 0.15) is 0 Å². The Balaban J connectivity index is 2.71. The molecule has 0 aliphatic carbocycles. The molecule has 0 saturated heterocycles. The van der Waals surface area contributed by atoms with Crippen molar-refractivity contribution in [1.29, 1.82) is 0 Å². The van der Waals surface area contributed by atoms with Gasteiger partial charge < -0.3 is 5.73 Å². The number of alkyl halides is 3. The van der Waals surface area contributed by atoms with E-state index in [0.717, 1.165) is 0 Å². The number of nitrogens with two attached hydrogens (primary N) is 1. The highest BCUT2D eigenvalue weighted by Gasteiger charge is 2.39. The number of thioether (sulfide) groups is 1. The Morgan fingerprint density at radius 1 is 1.27 bits per heavy atom. The van der Waals surface area contributed by atoms with Crippen LogP contribution in [-0.4, -0.2) is 18.0 Å². The number of halogens is 4. The van der Waals surface area contributed by atoms with Gasteiger partial charge in [-0.05, 0) is 24.3 Å². The average Bonchev–Trinajstić information content (AvgIpc) is 2.15. The summed E-state index contributed by atoms with van der Waals surface area (Å²) >= 11 is 6.31. The van der Waals surface area contributed by atoms with Gasteiger partial charge in [0, 0.05) is 16.5 Å². The molecule has 0 radical (unpaired) electrons. The summed E-state index contributed by atoms with van der Waals surface area (Å²) in [5.74, 6) is 0. The summed E-state index contributed by atoms with van der Waals surface area (Å²) < 4.78 is 37.1. The van der Waals surface area contributed by atoms with Gasteiger partial charge >= 0.3 is 6.18 Å². The van der Waals surface area contributed by atoms with Crippen LogP contribution in [0.5, 0.6) is 0 Å². The average molecular weight is 256 g/mol. The highest BCUT2D eigenvalue weighted by molar-refractivity contribution is 8.00. The van der Waals surface area contributed by atoms with Crippen molar-refractivity contribution < 1.29 is 13.2 Å². The normalized spacial score (nSPS) is 13.9. The van der Waals surface area contributed by atoms with Gasteiger partial charge in [-0.1, -0.05) is 11.6 Å². The van der Waals surface area contributed by atoms with Crippen molar-refractivity contribution in [3.63, 3.8) is 0 Å². The minimum Gasteiger partial charge on any atom is -0.329 e. The largest absolute Gasteiger partial charge is 0.402 e. The fourth-order valence-corrected chi connectivity index (χ4v) is 1.90. The molecule has 0 aliphatic heterocycles. The topological polar surface area (TPSA) is 26.0 Å². The highest BCUT2D eigenvalue weighted by Crippen LogP contribution is 2.34. The van der Waals surface area contributed by atoms with Gasteiger partial charge in [0.2, 0.25) is 0 Å². The number of benzene rings is 1. The summed E-state index contributed by atoms with van der Waals surface area (Å²) in [7, 11) is 0. The van der Waals surface area contributed by atoms with Crippen LogP contribution >= 0.6 is 23.4 Å². The molecule has 0 spiro atoms. The molecule has 0 fully saturated rings. The lowest BCUT2D eigenvalue weighted by atomic mass is 10.4. The van der Waals surface area contributed by atoms with Crippen molar-refractivity contribution in [1.82, 2.24) is 0 Å². The Kier molecular flexibility index (Phi) is 4.31. The van der Waals surface area contributed by atoms with Crippen LogP contribution in [-0.2, 0) is 0 Å². The second-order valence-electron chi connectivity index (χ2n) is 2.84. The van der Waals surface area contributed by atoms with Crippen LogP contribution < -0.4 is 5.73 Å². The van der Waals surface area contributed by atoms with Crippen LogP contribution in [0.3, 0.4) is 0 Å². The zero-order valence-electron chi connectivity index (χ0n) is 7.59. The van der Waals surface area contributed by atoms with E-state index in [1.54, 1.807) is 24.3 Å². The molecular formula is C9H9ClF3NS. The monoisotopic (exact) mass is 255 g/mol. The third kappa shape index (κ3) is 3.93. The summed E-state index contributed by atoms with van der Waals surface area (Å²) in [6, 6.07) is 6.19. The lowest BCUT2D eigenvalue weighted by molar-refractivity contribution is -0.126. The molecule has 1 rings (SSSR count). The predicted molar refractivity (Wildman–Crippen MR) is 56.2 cm³/mol. The molecule has 1 aromatic carbocycles. The molecule has 1 atom stereocenters. The summed E-state index contributed by atoms with van der Waals surface area (Å²) in [6.45, 7) is -0.434. The number of hydrogen-bond acceptors (Lipinski definition) is 2. The number of rotatable bonds is 3. The highest BCUT2D eigenvalue weighted by atomic mass is 35.5. The third-order valence-corrected chi connectivity index (χ3v) is 3.21. The van der Waals surface area contributed by atoms with Crippen molar-refractivity contribution >= 4 is 23.4 Å². The van der Waals surface area contributed by atoms with Crippen LogP contribution in [0.2, 0.25) is 5.02 Å². The first kappa shape index (κ1) is 12.7. The van der Waals surface area contributed by atoms with E-state index >= 15 is 0 Å². The SMILES string of the molecule is NCC(Sc1ccc(Cl)cc1)C(F)(F)F. The molecular weight excluding hydrogens is 247 g/mol. The molecule has 84 valence electrons. The van der Waals surface area contributed by atoms with Crippen LogP contribution in [0.15, 0.2) is 29.2 Å². The summed E-state index contributed by atoms with van der Waals surface area (Å²) in [4.78, 5) is 0.507. The maximum absolute atomic E-state index is 12.4. The molecule has 1 nitrogen and oxygen atoms in total. The Hall–Kier alpha value is -0.390. The molecule has 15 heavy (non-hydrogen) atoms. The van der Waals surface area contributed by atoms with Gasteiger partial charge in [0.15, 0.2) is 0 Å². The Morgan fingerprint density at radius 2 is 1.80 bits per heavy atom. The van der Waals surface area contributed by atoms with Crippen molar-refractivity contribution in [3.05, 3.63) is 29.3 Å². The Labute approximate surface area is 94.8 Å².